The van der Waals surface area contributed by atoms with Crippen molar-refractivity contribution in [1.82, 2.24) is 14.7 Å². The van der Waals surface area contributed by atoms with Gasteiger partial charge in [0.2, 0.25) is 0 Å². The molecule has 0 aromatic carbocycles. The SMILES string of the molecule is Cn1cc(NC(=O)N2CCCC(CC(=O)O)C2)c(C(F)(F)F)n1. The number of urea groups is 1. The number of anilines is 1. The maximum Gasteiger partial charge on any atom is 0.437 e. The monoisotopic (exact) mass is 334 g/mol. The molecular formula is C13H17F3N4O3. The third-order valence-electron chi connectivity index (χ3n) is 3.61. The van der Waals surface area contributed by atoms with Crippen molar-refractivity contribution in [3.05, 3.63) is 11.9 Å². The number of carbonyl (C=O) groups is 2. The van der Waals surface area contributed by atoms with Crippen LogP contribution < -0.4 is 5.32 Å². The van der Waals surface area contributed by atoms with E-state index < -0.39 is 29.6 Å². The number of halogens is 3. The first-order valence-electron chi connectivity index (χ1n) is 7.05. The van der Waals surface area contributed by atoms with E-state index >= 15 is 0 Å². The minimum atomic E-state index is -4.67. The number of piperidine rings is 1. The maximum absolute atomic E-state index is 12.9. The van der Waals surface area contributed by atoms with E-state index in [4.69, 9.17) is 5.11 Å². The van der Waals surface area contributed by atoms with Crippen LogP contribution in [0.25, 0.3) is 0 Å². The van der Waals surface area contributed by atoms with Gasteiger partial charge in [-0.05, 0) is 18.8 Å². The van der Waals surface area contributed by atoms with Crippen LogP contribution in [0.15, 0.2) is 6.20 Å². The highest BCUT2D eigenvalue weighted by Crippen LogP contribution is 2.33. The molecule has 1 fully saturated rings. The molecule has 2 rings (SSSR count). The summed E-state index contributed by atoms with van der Waals surface area (Å²) < 4.78 is 39.5. The fourth-order valence-electron chi connectivity index (χ4n) is 2.65. The molecule has 0 radical (unpaired) electrons. The molecule has 23 heavy (non-hydrogen) atoms. The van der Waals surface area contributed by atoms with E-state index in [1.807, 2.05) is 0 Å². The standard InChI is InChI=1S/C13H17F3N4O3/c1-19-7-9(11(18-19)13(14,15)16)17-12(23)20-4-2-3-8(6-20)5-10(21)22/h7-8H,2-6H2,1H3,(H,17,23)(H,21,22). The summed E-state index contributed by atoms with van der Waals surface area (Å²) >= 11 is 0. The van der Waals surface area contributed by atoms with Gasteiger partial charge in [-0.3, -0.25) is 9.48 Å². The zero-order valence-electron chi connectivity index (χ0n) is 12.4. The number of amides is 2. The number of carboxylic acid groups (broad SMARTS) is 1. The van der Waals surface area contributed by atoms with Gasteiger partial charge in [0, 0.05) is 32.8 Å². The molecule has 2 amide bonds. The van der Waals surface area contributed by atoms with Crippen LogP contribution >= 0.6 is 0 Å². The van der Waals surface area contributed by atoms with Gasteiger partial charge in [-0.2, -0.15) is 18.3 Å². The lowest BCUT2D eigenvalue weighted by atomic mass is 9.95. The molecular weight excluding hydrogens is 317 g/mol. The topological polar surface area (TPSA) is 87.5 Å². The van der Waals surface area contributed by atoms with Crippen molar-refractivity contribution in [3.63, 3.8) is 0 Å². The first-order chi connectivity index (χ1) is 10.7. The molecule has 0 saturated carbocycles. The van der Waals surface area contributed by atoms with Gasteiger partial charge in [0.1, 0.15) is 0 Å². The molecule has 1 unspecified atom stereocenters. The molecule has 0 aliphatic carbocycles. The van der Waals surface area contributed by atoms with Crippen molar-refractivity contribution in [3.8, 4) is 0 Å². The quantitative estimate of drug-likeness (QED) is 0.887. The third kappa shape index (κ3) is 4.36. The molecule has 1 aromatic heterocycles. The molecule has 1 aliphatic rings. The van der Waals surface area contributed by atoms with Gasteiger partial charge in [-0.15, -0.1) is 0 Å². The molecule has 1 aromatic rings. The minimum Gasteiger partial charge on any atom is -0.481 e. The van der Waals surface area contributed by atoms with E-state index in [0.29, 0.717) is 19.4 Å². The molecule has 10 heteroatoms. The van der Waals surface area contributed by atoms with Crippen LogP contribution in [0.2, 0.25) is 0 Å². The van der Waals surface area contributed by atoms with Gasteiger partial charge in [0.15, 0.2) is 5.69 Å². The fraction of sp³-hybridized carbons (Fsp3) is 0.615. The second-order valence-electron chi connectivity index (χ2n) is 5.55. The molecule has 0 bridgehead atoms. The van der Waals surface area contributed by atoms with Crippen molar-refractivity contribution in [2.75, 3.05) is 18.4 Å². The van der Waals surface area contributed by atoms with Crippen molar-refractivity contribution in [2.45, 2.75) is 25.4 Å². The first-order valence-corrected chi connectivity index (χ1v) is 7.05. The van der Waals surface area contributed by atoms with Crippen LogP contribution in [0.4, 0.5) is 23.7 Å². The summed E-state index contributed by atoms with van der Waals surface area (Å²) in [6.45, 7) is 0.587. The number of hydrogen-bond acceptors (Lipinski definition) is 3. The smallest absolute Gasteiger partial charge is 0.437 e. The van der Waals surface area contributed by atoms with Gasteiger partial charge in [-0.25, -0.2) is 4.79 Å². The summed E-state index contributed by atoms with van der Waals surface area (Å²) in [4.78, 5) is 24.2. The predicted molar refractivity (Wildman–Crippen MR) is 73.8 cm³/mol. The van der Waals surface area contributed by atoms with Crippen LogP contribution in [0, 0.1) is 5.92 Å². The van der Waals surface area contributed by atoms with Gasteiger partial charge in [-0.1, -0.05) is 0 Å². The Morgan fingerprint density at radius 2 is 2.17 bits per heavy atom. The molecule has 7 nitrogen and oxygen atoms in total. The number of aryl methyl sites for hydroxylation is 1. The Hall–Kier alpha value is -2.26. The average molecular weight is 334 g/mol. The summed E-state index contributed by atoms with van der Waals surface area (Å²) in [5, 5.41) is 14.3. The van der Waals surface area contributed by atoms with Crippen molar-refractivity contribution < 1.29 is 27.9 Å². The Labute approximate surface area is 130 Å². The number of alkyl halides is 3. The van der Waals surface area contributed by atoms with Crippen LogP contribution in [0.3, 0.4) is 0 Å². The fourth-order valence-corrected chi connectivity index (χ4v) is 2.65. The maximum atomic E-state index is 12.9. The number of hydrogen-bond donors (Lipinski definition) is 2. The van der Waals surface area contributed by atoms with E-state index in [1.165, 1.54) is 11.9 Å². The summed E-state index contributed by atoms with van der Waals surface area (Å²) in [5.74, 6) is -1.15. The largest absolute Gasteiger partial charge is 0.481 e. The second kappa shape index (κ2) is 6.47. The Kier molecular flexibility index (Phi) is 4.81. The van der Waals surface area contributed by atoms with E-state index in [9.17, 15) is 22.8 Å². The highest BCUT2D eigenvalue weighted by Gasteiger charge is 2.38. The zero-order chi connectivity index (χ0) is 17.2. The number of rotatable bonds is 3. The number of nitrogens with zero attached hydrogens (tertiary/aromatic N) is 3. The lowest BCUT2D eigenvalue weighted by Crippen LogP contribution is -2.43. The first kappa shape index (κ1) is 17.1. The molecule has 1 atom stereocenters. The summed E-state index contributed by atoms with van der Waals surface area (Å²) in [7, 11) is 1.33. The van der Waals surface area contributed by atoms with Crippen molar-refractivity contribution >= 4 is 17.7 Å². The van der Waals surface area contributed by atoms with E-state index in [0.717, 1.165) is 10.9 Å². The van der Waals surface area contributed by atoms with Gasteiger partial charge < -0.3 is 15.3 Å². The lowest BCUT2D eigenvalue weighted by Gasteiger charge is -2.32. The molecule has 1 saturated heterocycles. The lowest BCUT2D eigenvalue weighted by molar-refractivity contribution is -0.141. The van der Waals surface area contributed by atoms with E-state index in [-0.39, 0.29) is 18.9 Å². The summed E-state index contributed by atoms with van der Waals surface area (Å²) in [6, 6.07) is -0.682. The van der Waals surface area contributed by atoms with Gasteiger partial charge >= 0.3 is 18.2 Å². The molecule has 2 N–H and O–H groups in total. The highest BCUT2D eigenvalue weighted by molar-refractivity contribution is 5.90. The second-order valence-corrected chi connectivity index (χ2v) is 5.55. The number of likely N-dealkylation sites (tertiary alicyclic amines) is 1. The van der Waals surface area contributed by atoms with Crippen LogP contribution in [0.1, 0.15) is 25.0 Å². The Morgan fingerprint density at radius 1 is 1.48 bits per heavy atom. The number of carboxylic acids is 1. The van der Waals surface area contributed by atoms with Crippen molar-refractivity contribution in [1.29, 1.82) is 0 Å². The summed E-state index contributed by atoms with van der Waals surface area (Å²) in [6.07, 6.45) is -2.36. The van der Waals surface area contributed by atoms with Crippen LogP contribution in [0.5, 0.6) is 0 Å². The average Bonchev–Trinajstić information content (AvgIpc) is 2.79. The highest BCUT2D eigenvalue weighted by atomic mass is 19.4. The molecule has 1 aliphatic heterocycles. The molecule has 128 valence electrons. The normalized spacial score (nSPS) is 18.8. The van der Waals surface area contributed by atoms with Crippen molar-refractivity contribution in [2.24, 2.45) is 13.0 Å². The Balaban J connectivity index is 2.06. The summed E-state index contributed by atoms with van der Waals surface area (Å²) in [5.41, 5.74) is -1.57. The van der Waals surface area contributed by atoms with Gasteiger partial charge in [0.05, 0.1) is 5.69 Å². The Morgan fingerprint density at radius 3 is 2.78 bits per heavy atom. The Bertz CT molecular complexity index is 600. The molecule has 2 heterocycles. The number of carbonyl (C=O) groups excluding carboxylic acids is 1. The number of nitrogens with one attached hydrogen (secondary N) is 1. The van der Waals surface area contributed by atoms with E-state index in [2.05, 4.69) is 10.4 Å². The zero-order valence-corrected chi connectivity index (χ0v) is 12.4. The minimum absolute atomic E-state index is 0.0650. The van der Waals surface area contributed by atoms with Crippen LogP contribution in [-0.2, 0) is 18.0 Å². The third-order valence-corrected chi connectivity index (χ3v) is 3.61. The van der Waals surface area contributed by atoms with E-state index in [1.54, 1.807) is 0 Å². The number of aliphatic carboxylic acids is 1. The van der Waals surface area contributed by atoms with Crippen LogP contribution in [-0.4, -0.2) is 44.9 Å². The predicted octanol–water partition coefficient (Wildman–Crippen LogP) is 2.16. The molecule has 0 spiro atoms. The van der Waals surface area contributed by atoms with Gasteiger partial charge in [0.25, 0.3) is 0 Å². The number of aromatic nitrogens is 2.